The number of H-pyrrole nitrogens is 1. The Hall–Kier alpha value is -1.32. The molecule has 4 heteroatoms. The van der Waals surface area contributed by atoms with Crippen molar-refractivity contribution in [2.45, 2.75) is 6.92 Å². The fourth-order valence-electron chi connectivity index (χ4n) is 0.428. The van der Waals surface area contributed by atoms with Crippen molar-refractivity contribution >= 4 is 6.29 Å². The van der Waals surface area contributed by atoms with Gasteiger partial charge in [-0.2, -0.15) is 0 Å². The van der Waals surface area contributed by atoms with E-state index in [0.717, 1.165) is 6.29 Å². The third kappa shape index (κ3) is 3.65. The van der Waals surface area contributed by atoms with Crippen molar-refractivity contribution in [1.29, 1.82) is 0 Å². The predicted molar refractivity (Wildman–Crippen MR) is 37.8 cm³/mol. The molecule has 0 atom stereocenters. The largest absolute Gasteiger partial charge is 0.304 e. The Balaban J connectivity index is 0.000000236. The molecule has 1 aromatic rings. The van der Waals surface area contributed by atoms with Gasteiger partial charge >= 0.3 is 0 Å². The van der Waals surface area contributed by atoms with Gasteiger partial charge in [-0.15, -0.1) is 0 Å². The van der Waals surface area contributed by atoms with E-state index in [1.54, 1.807) is 17.9 Å². The Morgan fingerprint density at radius 2 is 2.20 bits per heavy atom. The molecule has 1 N–H and O–H groups in total. The minimum atomic E-state index is -0.0532. The molecule has 0 radical (unpaired) electrons. The molecule has 0 amide bonds. The highest BCUT2D eigenvalue weighted by atomic mass is 16.1. The monoisotopic (exact) mass is 142 g/mol. The number of hydrogen-bond acceptors (Lipinski definition) is 2. The quantitative estimate of drug-likeness (QED) is 0.515. The Kier molecular flexibility index (Phi) is 3.95. The lowest BCUT2D eigenvalue weighted by molar-refractivity contribution is -0.106. The van der Waals surface area contributed by atoms with Crippen LogP contribution in [-0.2, 0) is 11.8 Å². The molecule has 1 rings (SSSR count). The van der Waals surface area contributed by atoms with Crippen molar-refractivity contribution in [2.75, 3.05) is 0 Å². The van der Waals surface area contributed by atoms with Gasteiger partial charge in [0.1, 0.15) is 6.29 Å². The molecule has 0 fully saturated rings. The summed E-state index contributed by atoms with van der Waals surface area (Å²) < 4.78 is 1.60. The second-order valence-corrected chi connectivity index (χ2v) is 1.64. The van der Waals surface area contributed by atoms with E-state index in [-0.39, 0.29) is 5.56 Å². The average molecular weight is 142 g/mol. The number of aromatic nitrogens is 2. The van der Waals surface area contributed by atoms with Crippen molar-refractivity contribution in [3.8, 4) is 0 Å². The van der Waals surface area contributed by atoms with Crippen LogP contribution >= 0.6 is 0 Å². The van der Waals surface area contributed by atoms with Crippen LogP contribution < -0.4 is 5.56 Å². The van der Waals surface area contributed by atoms with E-state index in [0.29, 0.717) is 0 Å². The Morgan fingerprint density at radius 1 is 1.70 bits per heavy atom. The summed E-state index contributed by atoms with van der Waals surface area (Å²) in [7, 11) is 1.77. The van der Waals surface area contributed by atoms with Gasteiger partial charge in [0.2, 0.25) is 0 Å². The van der Waals surface area contributed by atoms with Crippen LogP contribution in [0.3, 0.4) is 0 Å². The maximum Gasteiger partial charge on any atom is 0.264 e. The molecule has 0 saturated carbocycles. The molecule has 1 heterocycles. The molecule has 0 bridgehead atoms. The molecule has 0 unspecified atom stereocenters. The van der Waals surface area contributed by atoms with Gasteiger partial charge in [0.15, 0.2) is 0 Å². The summed E-state index contributed by atoms with van der Waals surface area (Å²) in [5.74, 6) is 0. The van der Waals surface area contributed by atoms with Crippen LogP contribution in [0.25, 0.3) is 0 Å². The summed E-state index contributed by atoms with van der Waals surface area (Å²) in [5, 5.41) is 2.50. The van der Waals surface area contributed by atoms with Crippen LogP contribution in [0.4, 0.5) is 0 Å². The molecular weight excluding hydrogens is 132 g/mol. The van der Waals surface area contributed by atoms with Crippen LogP contribution in [0.1, 0.15) is 6.92 Å². The SMILES string of the molecule is CC=O.Cn1ccc(=O)[nH]1. The Labute approximate surface area is 58.5 Å². The van der Waals surface area contributed by atoms with Crippen LogP contribution in [0.2, 0.25) is 0 Å². The zero-order chi connectivity index (χ0) is 7.98. The Bertz CT molecular complexity index is 236. The summed E-state index contributed by atoms with van der Waals surface area (Å²) in [6.45, 7) is 1.44. The lowest BCUT2D eigenvalue weighted by atomic mass is 10.7. The zero-order valence-corrected chi connectivity index (χ0v) is 6.00. The molecular formula is C6H10N2O2. The summed E-state index contributed by atoms with van der Waals surface area (Å²) >= 11 is 0. The maximum atomic E-state index is 10.2. The van der Waals surface area contributed by atoms with Crippen LogP contribution in [-0.4, -0.2) is 16.1 Å². The number of nitrogens with zero attached hydrogens (tertiary/aromatic N) is 1. The molecule has 0 saturated heterocycles. The second kappa shape index (κ2) is 4.55. The highest BCUT2D eigenvalue weighted by Crippen LogP contribution is 1.65. The van der Waals surface area contributed by atoms with E-state index in [2.05, 4.69) is 5.10 Å². The van der Waals surface area contributed by atoms with Gasteiger partial charge in [-0.3, -0.25) is 14.6 Å². The lowest BCUT2D eigenvalue weighted by Crippen LogP contribution is -1.99. The first kappa shape index (κ1) is 8.68. The van der Waals surface area contributed by atoms with Gasteiger partial charge in [0, 0.05) is 19.3 Å². The molecule has 4 nitrogen and oxygen atoms in total. The van der Waals surface area contributed by atoms with Crippen molar-refractivity contribution in [1.82, 2.24) is 9.78 Å². The highest BCUT2D eigenvalue weighted by molar-refractivity contribution is 5.44. The van der Waals surface area contributed by atoms with Gasteiger partial charge in [0.25, 0.3) is 5.56 Å². The average Bonchev–Trinajstić information content (AvgIpc) is 2.17. The number of aryl methyl sites for hydroxylation is 1. The lowest BCUT2D eigenvalue weighted by Gasteiger charge is -1.80. The minimum absolute atomic E-state index is 0.0532. The van der Waals surface area contributed by atoms with Gasteiger partial charge in [-0.1, -0.05) is 0 Å². The number of aromatic amines is 1. The molecule has 0 aliphatic rings. The fourth-order valence-corrected chi connectivity index (χ4v) is 0.428. The highest BCUT2D eigenvalue weighted by Gasteiger charge is 1.78. The molecule has 10 heavy (non-hydrogen) atoms. The fraction of sp³-hybridized carbons (Fsp3) is 0.333. The smallest absolute Gasteiger partial charge is 0.264 e. The normalized spacial score (nSPS) is 7.80. The standard InChI is InChI=1S/C4H6N2O.C2H4O/c1-6-3-2-4(7)5-6;1-2-3/h2-3H,1H3,(H,5,7);2H,1H3. The van der Waals surface area contributed by atoms with E-state index < -0.39 is 0 Å². The van der Waals surface area contributed by atoms with Gasteiger partial charge in [-0.05, 0) is 6.92 Å². The molecule has 0 aromatic carbocycles. The number of rotatable bonds is 0. The summed E-state index contributed by atoms with van der Waals surface area (Å²) in [4.78, 5) is 19.0. The molecule has 56 valence electrons. The predicted octanol–water partition coefficient (Wildman–Crippen LogP) is -0.0814. The summed E-state index contributed by atoms with van der Waals surface area (Å²) in [6.07, 6.45) is 2.42. The van der Waals surface area contributed by atoms with Gasteiger partial charge in [-0.25, -0.2) is 0 Å². The number of aldehydes is 1. The van der Waals surface area contributed by atoms with E-state index >= 15 is 0 Å². The molecule has 0 aliphatic heterocycles. The third-order valence-electron chi connectivity index (χ3n) is 0.736. The molecule has 1 aromatic heterocycles. The first-order valence-electron chi connectivity index (χ1n) is 2.82. The second-order valence-electron chi connectivity index (χ2n) is 1.64. The van der Waals surface area contributed by atoms with Crippen LogP contribution in [0.15, 0.2) is 17.1 Å². The molecule has 0 spiro atoms. The van der Waals surface area contributed by atoms with E-state index in [9.17, 15) is 4.79 Å². The third-order valence-corrected chi connectivity index (χ3v) is 0.736. The Morgan fingerprint density at radius 3 is 2.30 bits per heavy atom. The first-order valence-corrected chi connectivity index (χ1v) is 2.82. The molecule has 0 aliphatic carbocycles. The number of hydrogen-bond donors (Lipinski definition) is 1. The van der Waals surface area contributed by atoms with Crippen LogP contribution in [0.5, 0.6) is 0 Å². The number of carbonyl (C=O) groups excluding carboxylic acids is 1. The van der Waals surface area contributed by atoms with Crippen molar-refractivity contribution in [3.63, 3.8) is 0 Å². The number of nitrogens with one attached hydrogen (secondary N) is 1. The topological polar surface area (TPSA) is 54.9 Å². The summed E-state index contributed by atoms with van der Waals surface area (Å²) in [6, 6.07) is 1.47. The van der Waals surface area contributed by atoms with Crippen molar-refractivity contribution in [2.24, 2.45) is 7.05 Å². The first-order chi connectivity index (χ1) is 4.70. The minimum Gasteiger partial charge on any atom is -0.304 e. The number of carbonyl (C=O) groups is 1. The maximum absolute atomic E-state index is 10.2. The van der Waals surface area contributed by atoms with Gasteiger partial charge < -0.3 is 4.79 Å². The van der Waals surface area contributed by atoms with E-state index in [1.165, 1.54) is 13.0 Å². The van der Waals surface area contributed by atoms with Crippen molar-refractivity contribution in [3.05, 3.63) is 22.6 Å². The van der Waals surface area contributed by atoms with E-state index in [4.69, 9.17) is 4.79 Å². The van der Waals surface area contributed by atoms with Gasteiger partial charge in [0.05, 0.1) is 0 Å². The summed E-state index contributed by atoms with van der Waals surface area (Å²) in [5.41, 5.74) is -0.0532. The van der Waals surface area contributed by atoms with Crippen molar-refractivity contribution < 1.29 is 4.79 Å². The van der Waals surface area contributed by atoms with E-state index in [1.807, 2.05) is 0 Å². The zero-order valence-electron chi connectivity index (χ0n) is 6.00. The van der Waals surface area contributed by atoms with Crippen LogP contribution in [0, 0.1) is 0 Å².